The van der Waals surface area contributed by atoms with Crippen LogP contribution in [-0.2, 0) is 0 Å². The normalized spacial score (nSPS) is 27.1. The minimum Gasteiger partial charge on any atom is -0.379 e. The Balaban J connectivity index is 2.17. The zero-order valence-electron chi connectivity index (χ0n) is 11.0. The van der Waals surface area contributed by atoms with Crippen molar-refractivity contribution in [2.24, 2.45) is 11.3 Å². The Morgan fingerprint density at radius 2 is 2.12 bits per heavy atom. The van der Waals surface area contributed by atoms with Crippen LogP contribution in [0.4, 0.5) is 5.69 Å². The molecule has 17 heavy (non-hydrogen) atoms. The predicted octanol–water partition coefficient (Wildman–Crippen LogP) is 4.28. The van der Waals surface area contributed by atoms with Crippen molar-refractivity contribution >= 4 is 17.3 Å². The number of nitrogens with zero attached hydrogens (tertiary/aromatic N) is 1. The van der Waals surface area contributed by atoms with Gasteiger partial charge < -0.3 is 5.32 Å². The van der Waals surface area contributed by atoms with Crippen LogP contribution in [0.15, 0.2) is 12.3 Å². The first kappa shape index (κ1) is 12.7. The minimum absolute atomic E-state index is 0.430. The maximum Gasteiger partial charge on any atom is 0.152 e. The summed E-state index contributed by atoms with van der Waals surface area (Å²) in [6, 6.07) is 2.50. The Kier molecular flexibility index (Phi) is 3.35. The van der Waals surface area contributed by atoms with Crippen LogP contribution in [0.1, 0.15) is 39.2 Å². The number of rotatable bonds is 2. The first-order chi connectivity index (χ1) is 7.89. The largest absolute Gasteiger partial charge is 0.379 e. The minimum atomic E-state index is 0.430. The molecule has 0 aliphatic heterocycles. The van der Waals surface area contributed by atoms with Gasteiger partial charge in [-0.05, 0) is 42.7 Å². The monoisotopic (exact) mass is 252 g/mol. The summed E-state index contributed by atoms with van der Waals surface area (Å²) in [4.78, 5) is 4.15. The van der Waals surface area contributed by atoms with Gasteiger partial charge in [0.05, 0.1) is 5.69 Å². The molecule has 1 aromatic rings. The molecule has 1 aromatic heterocycles. The van der Waals surface area contributed by atoms with Gasteiger partial charge in [0.1, 0.15) is 0 Å². The highest BCUT2D eigenvalue weighted by molar-refractivity contribution is 6.32. The van der Waals surface area contributed by atoms with Crippen LogP contribution in [-0.4, -0.2) is 11.0 Å². The summed E-state index contributed by atoms with van der Waals surface area (Å²) in [7, 11) is 0. The Hall–Kier alpha value is -0.760. The van der Waals surface area contributed by atoms with Crippen LogP contribution in [0.3, 0.4) is 0 Å². The highest BCUT2D eigenvalue weighted by Gasteiger charge is 2.36. The van der Waals surface area contributed by atoms with Crippen molar-refractivity contribution in [2.75, 3.05) is 5.32 Å². The van der Waals surface area contributed by atoms with Crippen molar-refractivity contribution in [1.29, 1.82) is 0 Å². The third-order valence-corrected chi connectivity index (χ3v) is 4.06. The SMILES string of the molecule is Cc1ccnc(Cl)c1NC1CC(C)(C)CC1C. The fourth-order valence-electron chi connectivity index (χ4n) is 2.97. The number of halogens is 1. The molecule has 3 heteroatoms. The van der Waals surface area contributed by atoms with E-state index in [1.54, 1.807) is 6.20 Å². The fraction of sp³-hybridized carbons (Fsp3) is 0.643. The van der Waals surface area contributed by atoms with Crippen molar-refractivity contribution < 1.29 is 0 Å². The van der Waals surface area contributed by atoms with Gasteiger partial charge >= 0.3 is 0 Å². The van der Waals surface area contributed by atoms with Gasteiger partial charge in [0, 0.05) is 12.2 Å². The molecule has 2 rings (SSSR count). The summed E-state index contributed by atoms with van der Waals surface area (Å²) >= 11 is 6.15. The fourth-order valence-corrected chi connectivity index (χ4v) is 3.23. The molecule has 1 fully saturated rings. The lowest BCUT2D eigenvalue weighted by molar-refractivity contribution is 0.366. The molecule has 0 aromatic carbocycles. The van der Waals surface area contributed by atoms with E-state index in [1.165, 1.54) is 18.4 Å². The van der Waals surface area contributed by atoms with Gasteiger partial charge in [-0.15, -0.1) is 0 Å². The number of pyridine rings is 1. The van der Waals surface area contributed by atoms with Crippen molar-refractivity contribution in [3.63, 3.8) is 0 Å². The molecule has 0 spiro atoms. The van der Waals surface area contributed by atoms with Crippen molar-refractivity contribution in [3.05, 3.63) is 23.0 Å². The second kappa shape index (κ2) is 4.49. The van der Waals surface area contributed by atoms with Crippen LogP contribution in [0, 0.1) is 18.3 Å². The average Bonchev–Trinajstić information content (AvgIpc) is 2.46. The molecule has 2 atom stereocenters. The van der Waals surface area contributed by atoms with Gasteiger partial charge in [-0.2, -0.15) is 0 Å². The zero-order chi connectivity index (χ0) is 12.6. The number of anilines is 1. The molecule has 0 amide bonds. The van der Waals surface area contributed by atoms with E-state index in [0.717, 1.165) is 5.69 Å². The Morgan fingerprint density at radius 3 is 2.65 bits per heavy atom. The lowest BCUT2D eigenvalue weighted by Gasteiger charge is -2.21. The summed E-state index contributed by atoms with van der Waals surface area (Å²) in [6.07, 6.45) is 4.21. The van der Waals surface area contributed by atoms with E-state index in [1.807, 2.05) is 6.07 Å². The van der Waals surface area contributed by atoms with Crippen molar-refractivity contribution in [3.8, 4) is 0 Å². The molecule has 0 radical (unpaired) electrons. The first-order valence-electron chi connectivity index (χ1n) is 6.27. The zero-order valence-corrected chi connectivity index (χ0v) is 11.8. The van der Waals surface area contributed by atoms with E-state index in [4.69, 9.17) is 11.6 Å². The molecule has 2 unspecified atom stereocenters. The van der Waals surface area contributed by atoms with Crippen LogP contribution in [0.2, 0.25) is 5.15 Å². The molecule has 1 aliphatic rings. The second-order valence-electron chi connectivity index (χ2n) is 6.09. The Labute approximate surface area is 109 Å². The molecule has 2 nitrogen and oxygen atoms in total. The molecule has 94 valence electrons. The second-order valence-corrected chi connectivity index (χ2v) is 6.45. The summed E-state index contributed by atoms with van der Waals surface area (Å²) in [5.74, 6) is 0.681. The van der Waals surface area contributed by atoms with E-state index in [0.29, 0.717) is 22.5 Å². The molecule has 0 saturated heterocycles. The van der Waals surface area contributed by atoms with Crippen LogP contribution < -0.4 is 5.32 Å². The smallest absolute Gasteiger partial charge is 0.152 e. The summed E-state index contributed by atoms with van der Waals surface area (Å²) in [5, 5.41) is 4.17. The quantitative estimate of drug-likeness (QED) is 0.795. The number of hydrogen-bond acceptors (Lipinski definition) is 2. The van der Waals surface area contributed by atoms with Gasteiger partial charge in [0.15, 0.2) is 5.15 Å². The number of nitrogens with one attached hydrogen (secondary N) is 1. The van der Waals surface area contributed by atoms with Gasteiger partial charge in [-0.3, -0.25) is 0 Å². The maximum absolute atomic E-state index is 6.15. The molecule has 1 aliphatic carbocycles. The lowest BCUT2D eigenvalue weighted by atomic mass is 9.91. The van der Waals surface area contributed by atoms with E-state index >= 15 is 0 Å². The van der Waals surface area contributed by atoms with Crippen LogP contribution in [0.5, 0.6) is 0 Å². The van der Waals surface area contributed by atoms with E-state index in [9.17, 15) is 0 Å². The highest BCUT2D eigenvalue weighted by atomic mass is 35.5. The van der Waals surface area contributed by atoms with Crippen molar-refractivity contribution in [1.82, 2.24) is 4.98 Å². The number of aryl methyl sites for hydroxylation is 1. The topological polar surface area (TPSA) is 24.9 Å². The van der Waals surface area contributed by atoms with Crippen LogP contribution in [0.25, 0.3) is 0 Å². The van der Waals surface area contributed by atoms with Gasteiger partial charge in [-0.1, -0.05) is 32.4 Å². The molecule has 1 saturated carbocycles. The summed E-state index contributed by atoms with van der Waals surface area (Å²) < 4.78 is 0. The first-order valence-corrected chi connectivity index (χ1v) is 6.64. The maximum atomic E-state index is 6.15. The number of hydrogen-bond donors (Lipinski definition) is 1. The Morgan fingerprint density at radius 1 is 1.41 bits per heavy atom. The van der Waals surface area contributed by atoms with Gasteiger partial charge in [0.25, 0.3) is 0 Å². The molecule has 1 N–H and O–H groups in total. The predicted molar refractivity (Wildman–Crippen MR) is 73.6 cm³/mol. The molecular formula is C14H21ClN2. The number of aromatic nitrogens is 1. The van der Waals surface area contributed by atoms with Gasteiger partial charge in [0.2, 0.25) is 0 Å². The standard InChI is InChI=1S/C14H21ClN2/c1-9-5-6-16-13(15)12(9)17-11-8-14(3,4)7-10(11)2/h5-6,10-11,17H,7-8H2,1-4H3. The van der Waals surface area contributed by atoms with Crippen LogP contribution >= 0.6 is 11.6 Å². The van der Waals surface area contributed by atoms with E-state index < -0.39 is 0 Å². The Bertz CT molecular complexity index is 394. The molecular weight excluding hydrogens is 232 g/mol. The van der Waals surface area contributed by atoms with Crippen molar-refractivity contribution in [2.45, 2.75) is 46.6 Å². The summed E-state index contributed by atoms with van der Waals surface area (Å²) in [5.41, 5.74) is 2.60. The van der Waals surface area contributed by atoms with E-state index in [2.05, 4.69) is 38.0 Å². The molecule has 1 heterocycles. The third-order valence-electron chi connectivity index (χ3n) is 3.78. The lowest BCUT2D eigenvalue weighted by Crippen LogP contribution is -2.23. The third kappa shape index (κ3) is 2.74. The van der Waals surface area contributed by atoms with E-state index in [-0.39, 0.29) is 0 Å². The average molecular weight is 253 g/mol. The summed E-state index contributed by atoms with van der Waals surface area (Å²) in [6.45, 7) is 9.05. The van der Waals surface area contributed by atoms with Gasteiger partial charge in [-0.25, -0.2) is 4.98 Å². The molecule has 0 bridgehead atoms. The highest BCUT2D eigenvalue weighted by Crippen LogP contribution is 2.42.